The van der Waals surface area contributed by atoms with Crippen molar-refractivity contribution in [2.45, 2.75) is 39.3 Å². The number of alkyl halides is 2. The Bertz CT molecular complexity index is 712. The van der Waals surface area contributed by atoms with Gasteiger partial charge in [0.05, 0.1) is 64.3 Å². The van der Waals surface area contributed by atoms with Crippen molar-refractivity contribution in [3.8, 4) is 0 Å². The SMILES string of the molecule is CC(C)(C)OC(=O)NCCOCCOCCOCCOCCn1cc([N+](=O)[O-])c(C(F)F)n1. The molecule has 1 amide bonds. The quantitative estimate of drug-likeness (QED) is 0.201. The van der Waals surface area contributed by atoms with Crippen LogP contribution in [0, 0.1) is 10.1 Å². The number of ether oxygens (including phenoxy) is 5. The molecule has 0 aliphatic heterocycles. The van der Waals surface area contributed by atoms with Crippen LogP contribution in [-0.4, -0.2) is 85.8 Å². The Morgan fingerprint density at radius 2 is 1.58 bits per heavy atom. The first-order chi connectivity index (χ1) is 15.6. The average molecular weight is 482 g/mol. The second-order valence-corrected chi connectivity index (χ2v) is 7.60. The van der Waals surface area contributed by atoms with E-state index in [-0.39, 0.29) is 19.8 Å². The maximum Gasteiger partial charge on any atom is 0.407 e. The van der Waals surface area contributed by atoms with Crippen molar-refractivity contribution in [2.24, 2.45) is 0 Å². The molecule has 33 heavy (non-hydrogen) atoms. The third-order valence-electron chi connectivity index (χ3n) is 3.67. The highest BCUT2D eigenvalue weighted by atomic mass is 19.3. The summed E-state index contributed by atoms with van der Waals surface area (Å²) >= 11 is 0. The fourth-order valence-corrected chi connectivity index (χ4v) is 2.30. The molecular formula is C19H32F2N4O8. The lowest BCUT2D eigenvalue weighted by Gasteiger charge is -2.19. The summed E-state index contributed by atoms with van der Waals surface area (Å²) in [5, 5.41) is 16.8. The number of hydrogen-bond donors (Lipinski definition) is 1. The molecule has 0 aliphatic carbocycles. The highest BCUT2D eigenvalue weighted by Gasteiger charge is 2.26. The van der Waals surface area contributed by atoms with Gasteiger partial charge in [0.2, 0.25) is 5.69 Å². The minimum Gasteiger partial charge on any atom is -0.444 e. The number of nitrogens with one attached hydrogen (secondary N) is 1. The summed E-state index contributed by atoms with van der Waals surface area (Å²) in [4.78, 5) is 21.3. The lowest BCUT2D eigenvalue weighted by molar-refractivity contribution is -0.386. The molecule has 0 bridgehead atoms. The van der Waals surface area contributed by atoms with Crippen LogP contribution >= 0.6 is 0 Å². The van der Waals surface area contributed by atoms with E-state index in [2.05, 4.69) is 10.4 Å². The molecule has 190 valence electrons. The molecule has 14 heteroatoms. The van der Waals surface area contributed by atoms with Crippen LogP contribution in [0.4, 0.5) is 19.3 Å². The Morgan fingerprint density at radius 1 is 1.06 bits per heavy atom. The molecule has 0 atom stereocenters. The van der Waals surface area contributed by atoms with Crippen molar-refractivity contribution in [3.05, 3.63) is 22.0 Å². The van der Waals surface area contributed by atoms with Crippen LogP contribution in [0.1, 0.15) is 32.9 Å². The van der Waals surface area contributed by atoms with E-state index in [9.17, 15) is 23.7 Å². The van der Waals surface area contributed by atoms with E-state index in [1.807, 2.05) is 0 Å². The van der Waals surface area contributed by atoms with Gasteiger partial charge in [0.25, 0.3) is 6.43 Å². The molecule has 0 unspecified atom stereocenters. The van der Waals surface area contributed by atoms with Gasteiger partial charge in [0.15, 0.2) is 0 Å². The van der Waals surface area contributed by atoms with Crippen LogP contribution in [0.3, 0.4) is 0 Å². The van der Waals surface area contributed by atoms with Gasteiger partial charge in [-0.1, -0.05) is 0 Å². The molecule has 0 aromatic carbocycles. The molecule has 0 saturated carbocycles. The smallest absolute Gasteiger partial charge is 0.407 e. The summed E-state index contributed by atoms with van der Waals surface area (Å²) in [5.41, 5.74) is -2.11. The zero-order chi connectivity index (χ0) is 24.7. The topological polar surface area (TPSA) is 136 Å². The molecule has 1 aromatic rings. The molecule has 1 rings (SSSR count). The Morgan fingerprint density at radius 3 is 2.03 bits per heavy atom. The molecule has 1 heterocycles. The van der Waals surface area contributed by atoms with Crippen LogP contribution in [0.5, 0.6) is 0 Å². The molecule has 12 nitrogen and oxygen atoms in total. The predicted molar refractivity (Wildman–Crippen MR) is 111 cm³/mol. The largest absolute Gasteiger partial charge is 0.444 e. The van der Waals surface area contributed by atoms with Crippen LogP contribution in [0.2, 0.25) is 0 Å². The van der Waals surface area contributed by atoms with Crippen molar-refractivity contribution in [3.63, 3.8) is 0 Å². The minimum absolute atomic E-state index is 0.101. The van der Waals surface area contributed by atoms with Crippen LogP contribution in [0.25, 0.3) is 0 Å². The highest BCUT2D eigenvalue weighted by molar-refractivity contribution is 5.67. The van der Waals surface area contributed by atoms with E-state index in [0.717, 1.165) is 10.9 Å². The zero-order valence-electron chi connectivity index (χ0n) is 19.1. The second-order valence-electron chi connectivity index (χ2n) is 7.60. The number of carbonyl (C=O) groups excluding carboxylic acids is 1. The van der Waals surface area contributed by atoms with Gasteiger partial charge in [-0.05, 0) is 20.8 Å². The number of nitrogens with zero attached hydrogens (tertiary/aromatic N) is 3. The van der Waals surface area contributed by atoms with Crippen LogP contribution < -0.4 is 5.32 Å². The normalized spacial score (nSPS) is 11.7. The van der Waals surface area contributed by atoms with Gasteiger partial charge in [-0.2, -0.15) is 5.10 Å². The maximum absolute atomic E-state index is 12.7. The number of halogens is 2. The molecule has 0 saturated heterocycles. The number of rotatable bonds is 17. The summed E-state index contributed by atoms with van der Waals surface area (Å²) in [7, 11) is 0. The van der Waals surface area contributed by atoms with Crippen molar-refractivity contribution < 1.29 is 42.2 Å². The summed E-state index contributed by atoms with van der Waals surface area (Å²) in [6.45, 7) is 8.31. The maximum atomic E-state index is 12.7. The van der Waals surface area contributed by atoms with Crippen molar-refractivity contribution in [2.75, 3.05) is 59.4 Å². The Balaban J connectivity index is 1.92. The van der Waals surface area contributed by atoms with Gasteiger partial charge in [-0.15, -0.1) is 0 Å². The Labute approximate surface area is 190 Å². The summed E-state index contributed by atoms with van der Waals surface area (Å²) < 4.78 is 52.8. The molecule has 0 aliphatic rings. The first kappa shape index (κ1) is 28.6. The first-order valence-electron chi connectivity index (χ1n) is 10.4. The van der Waals surface area contributed by atoms with Gasteiger partial charge >= 0.3 is 11.8 Å². The van der Waals surface area contributed by atoms with Crippen LogP contribution in [0.15, 0.2) is 6.20 Å². The molecular weight excluding hydrogens is 450 g/mol. The van der Waals surface area contributed by atoms with Gasteiger partial charge in [-0.25, -0.2) is 13.6 Å². The van der Waals surface area contributed by atoms with E-state index in [1.165, 1.54) is 0 Å². The molecule has 1 aromatic heterocycles. The summed E-state index contributed by atoms with van der Waals surface area (Å²) in [5.74, 6) is 0. The zero-order valence-corrected chi connectivity index (χ0v) is 19.1. The predicted octanol–water partition coefficient (Wildman–Crippen LogP) is 2.32. The summed E-state index contributed by atoms with van der Waals surface area (Å²) in [6, 6.07) is 0. The highest BCUT2D eigenvalue weighted by Crippen LogP contribution is 2.26. The van der Waals surface area contributed by atoms with Gasteiger partial charge < -0.3 is 29.0 Å². The molecule has 0 fully saturated rings. The fourth-order valence-electron chi connectivity index (χ4n) is 2.30. The average Bonchev–Trinajstić information content (AvgIpc) is 3.14. The third-order valence-corrected chi connectivity index (χ3v) is 3.67. The molecule has 0 radical (unpaired) electrons. The molecule has 1 N–H and O–H groups in total. The fraction of sp³-hybridized carbons (Fsp3) is 0.789. The van der Waals surface area contributed by atoms with Gasteiger partial charge in [-0.3, -0.25) is 14.8 Å². The van der Waals surface area contributed by atoms with E-state index < -0.39 is 34.4 Å². The standard InChI is InChI=1S/C19H32F2N4O8/c1-19(2,3)33-18(26)22-4-6-29-8-10-31-12-13-32-11-9-30-7-5-24-14-15(25(27)28)16(23-24)17(20)21/h14,17H,4-13H2,1-3H3,(H,22,26). The monoisotopic (exact) mass is 482 g/mol. The van der Waals surface area contributed by atoms with E-state index in [1.54, 1.807) is 20.8 Å². The van der Waals surface area contributed by atoms with Gasteiger partial charge in [0.1, 0.15) is 11.8 Å². The Hall–Kier alpha value is -2.42. The molecule has 0 spiro atoms. The van der Waals surface area contributed by atoms with Crippen molar-refractivity contribution in [1.82, 2.24) is 15.1 Å². The van der Waals surface area contributed by atoms with Crippen molar-refractivity contribution >= 4 is 11.8 Å². The third kappa shape index (κ3) is 13.7. The van der Waals surface area contributed by atoms with E-state index in [4.69, 9.17) is 23.7 Å². The van der Waals surface area contributed by atoms with Crippen molar-refractivity contribution in [1.29, 1.82) is 0 Å². The Kier molecular flexibility index (Phi) is 13.4. The number of hydrogen-bond acceptors (Lipinski definition) is 9. The lowest BCUT2D eigenvalue weighted by Crippen LogP contribution is -2.34. The van der Waals surface area contributed by atoms with Crippen LogP contribution in [-0.2, 0) is 30.2 Å². The number of nitro groups is 1. The van der Waals surface area contributed by atoms with E-state index in [0.29, 0.717) is 46.2 Å². The first-order valence-corrected chi connectivity index (χ1v) is 10.4. The summed E-state index contributed by atoms with van der Waals surface area (Å²) in [6.07, 6.45) is -2.55. The number of amides is 1. The second kappa shape index (κ2) is 15.4. The number of carbonyl (C=O) groups is 1. The number of aromatic nitrogens is 2. The lowest BCUT2D eigenvalue weighted by atomic mass is 10.2. The number of alkyl carbamates (subject to hydrolysis) is 1. The van der Waals surface area contributed by atoms with E-state index >= 15 is 0 Å². The van der Waals surface area contributed by atoms with Gasteiger partial charge in [0, 0.05) is 6.54 Å². The minimum atomic E-state index is -3.02.